The fraction of sp³-hybridized carbons (Fsp3) is 0.409. The van der Waals surface area contributed by atoms with Crippen LogP contribution in [-0.4, -0.2) is 35.7 Å². The van der Waals surface area contributed by atoms with Gasteiger partial charge in [0.25, 0.3) is 0 Å². The van der Waals surface area contributed by atoms with Crippen LogP contribution in [0.25, 0.3) is 0 Å². The third-order valence-electron chi connectivity index (χ3n) is 5.10. The number of hydrogen-bond acceptors (Lipinski definition) is 3. The second-order valence-corrected chi connectivity index (χ2v) is 7.48. The molecule has 0 aromatic heterocycles. The van der Waals surface area contributed by atoms with Crippen LogP contribution >= 0.6 is 12.6 Å². The van der Waals surface area contributed by atoms with Crippen LogP contribution in [0.4, 0.5) is 0 Å². The van der Waals surface area contributed by atoms with E-state index < -0.39 is 0 Å². The molecule has 0 aliphatic carbocycles. The quantitative estimate of drug-likeness (QED) is 0.733. The van der Waals surface area contributed by atoms with Crippen LogP contribution in [0.15, 0.2) is 60.7 Å². The van der Waals surface area contributed by atoms with Crippen molar-refractivity contribution in [2.75, 3.05) is 18.8 Å². The molecule has 1 atom stereocenters. The summed E-state index contributed by atoms with van der Waals surface area (Å²) in [5.74, 6) is 0.654. The molecule has 1 aliphatic heterocycles. The standard InChI is InChI=1S/C22H28N2OS/c25-22(20(17-26)15-18-7-3-1-4-8-18)23-21-11-13-24(14-12-21)16-19-9-5-2-6-10-19/h1-10,20-21,26H,11-17H2,(H,23,25). The van der Waals surface area contributed by atoms with Crippen LogP contribution in [0.3, 0.4) is 0 Å². The molecule has 2 aromatic carbocycles. The fourth-order valence-corrected chi connectivity index (χ4v) is 3.83. The van der Waals surface area contributed by atoms with Gasteiger partial charge < -0.3 is 5.32 Å². The zero-order chi connectivity index (χ0) is 18.2. The molecule has 0 saturated carbocycles. The number of carbonyl (C=O) groups is 1. The Labute approximate surface area is 162 Å². The zero-order valence-electron chi connectivity index (χ0n) is 15.2. The van der Waals surface area contributed by atoms with Gasteiger partial charge in [-0.3, -0.25) is 9.69 Å². The molecule has 138 valence electrons. The van der Waals surface area contributed by atoms with Crippen molar-refractivity contribution in [3.63, 3.8) is 0 Å². The van der Waals surface area contributed by atoms with Crippen molar-refractivity contribution in [2.45, 2.75) is 31.8 Å². The van der Waals surface area contributed by atoms with E-state index in [1.165, 1.54) is 11.1 Å². The normalized spacial score (nSPS) is 17.0. The Hall–Kier alpha value is -1.78. The van der Waals surface area contributed by atoms with Crippen molar-refractivity contribution in [1.82, 2.24) is 10.2 Å². The number of hydrogen-bond donors (Lipinski definition) is 2. The van der Waals surface area contributed by atoms with E-state index in [2.05, 4.69) is 65.3 Å². The minimum atomic E-state index is -0.0666. The summed E-state index contributed by atoms with van der Waals surface area (Å²) >= 11 is 4.40. The number of nitrogens with zero attached hydrogens (tertiary/aromatic N) is 1. The lowest BCUT2D eigenvalue weighted by atomic mass is 9.98. The van der Waals surface area contributed by atoms with E-state index in [0.29, 0.717) is 5.75 Å². The highest BCUT2D eigenvalue weighted by Crippen LogP contribution is 2.16. The maximum absolute atomic E-state index is 12.6. The van der Waals surface area contributed by atoms with Crippen LogP contribution in [0.2, 0.25) is 0 Å². The lowest BCUT2D eigenvalue weighted by Gasteiger charge is -2.33. The maximum Gasteiger partial charge on any atom is 0.224 e. The van der Waals surface area contributed by atoms with E-state index in [1.54, 1.807) is 0 Å². The molecule has 0 bridgehead atoms. The number of nitrogens with one attached hydrogen (secondary N) is 1. The molecular weight excluding hydrogens is 340 g/mol. The first-order chi connectivity index (χ1) is 12.7. The van der Waals surface area contributed by atoms with Gasteiger partial charge in [0, 0.05) is 31.4 Å². The fourth-order valence-electron chi connectivity index (χ4n) is 3.53. The smallest absolute Gasteiger partial charge is 0.224 e. The van der Waals surface area contributed by atoms with Gasteiger partial charge >= 0.3 is 0 Å². The molecule has 1 heterocycles. The first-order valence-corrected chi connectivity index (χ1v) is 10.1. The molecule has 4 heteroatoms. The molecule has 1 amide bonds. The highest BCUT2D eigenvalue weighted by atomic mass is 32.1. The van der Waals surface area contributed by atoms with E-state index in [-0.39, 0.29) is 17.9 Å². The van der Waals surface area contributed by atoms with E-state index in [1.807, 2.05) is 18.2 Å². The highest BCUT2D eigenvalue weighted by molar-refractivity contribution is 7.80. The maximum atomic E-state index is 12.6. The van der Waals surface area contributed by atoms with Gasteiger partial charge in [-0.1, -0.05) is 60.7 Å². The SMILES string of the molecule is O=C(NC1CCN(Cc2ccccc2)CC1)C(CS)Cc1ccccc1. The van der Waals surface area contributed by atoms with Crippen molar-refractivity contribution in [3.05, 3.63) is 71.8 Å². The molecule has 1 N–H and O–H groups in total. The average molecular weight is 369 g/mol. The summed E-state index contributed by atoms with van der Waals surface area (Å²) in [4.78, 5) is 15.1. The molecule has 0 spiro atoms. The number of benzene rings is 2. The molecular formula is C22H28N2OS. The Morgan fingerprint density at radius 3 is 2.15 bits per heavy atom. The Balaban J connectivity index is 1.45. The lowest BCUT2D eigenvalue weighted by Crippen LogP contribution is -2.46. The van der Waals surface area contributed by atoms with E-state index in [9.17, 15) is 4.79 Å². The van der Waals surface area contributed by atoms with Gasteiger partial charge in [0.2, 0.25) is 5.91 Å². The molecule has 1 unspecified atom stereocenters. The second-order valence-electron chi connectivity index (χ2n) is 7.11. The number of thiol groups is 1. The third-order valence-corrected chi connectivity index (χ3v) is 5.54. The largest absolute Gasteiger partial charge is 0.353 e. The number of carbonyl (C=O) groups excluding carboxylic acids is 1. The second kappa shape index (κ2) is 9.79. The van der Waals surface area contributed by atoms with Crippen molar-refractivity contribution in [1.29, 1.82) is 0 Å². The van der Waals surface area contributed by atoms with Gasteiger partial charge in [-0.25, -0.2) is 0 Å². The van der Waals surface area contributed by atoms with E-state index in [0.717, 1.165) is 38.9 Å². The molecule has 2 aromatic rings. The van der Waals surface area contributed by atoms with Crippen molar-refractivity contribution >= 4 is 18.5 Å². The number of likely N-dealkylation sites (tertiary alicyclic amines) is 1. The van der Waals surface area contributed by atoms with Gasteiger partial charge in [-0.2, -0.15) is 12.6 Å². The van der Waals surface area contributed by atoms with Crippen LogP contribution < -0.4 is 5.32 Å². The van der Waals surface area contributed by atoms with Gasteiger partial charge in [0.05, 0.1) is 5.92 Å². The topological polar surface area (TPSA) is 32.3 Å². The molecule has 1 saturated heterocycles. The number of rotatable bonds is 7. The number of amides is 1. The summed E-state index contributed by atoms with van der Waals surface area (Å²) in [6.45, 7) is 3.06. The van der Waals surface area contributed by atoms with Crippen LogP contribution in [0.5, 0.6) is 0 Å². The lowest BCUT2D eigenvalue weighted by molar-refractivity contribution is -0.125. The van der Waals surface area contributed by atoms with Gasteiger partial charge in [-0.05, 0) is 30.4 Å². The summed E-state index contributed by atoms with van der Waals surface area (Å²) in [6, 6.07) is 21.1. The van der Waals surface area contributed by atoms with Gasteiger partial charge in [0.15, 0.2) is 0 Å². The molecule has 1 fully saturated rings. The predicted molar refractivity (Wildman–Crippen MR) is 110 cm³/mol. The Bertz CT molecular complexity index is 669. The summed E-state index contributed by atoms with van der Waals surface area (Å²) in [5, 5.41) is 3.26. The average Bonchev–Trinajstić information content (AvgIpc) is 2.69. The Morgan fingerprint density at radius 2 is 1.58 bits per heavy atom. The number of piperidine rings is 1. The van der Waals surface area contributed by atoms with Crippen LogP contribution in [0, 0.1) is 5.92 Å². The predicted octanol–water partition coefficient (Wildman–Crippen LogP) is 3.56. The van der Waals surface area contributed by atoms with Gasteiger partial charge in [0.1, 0.15) is 0 Å². The molecule has 3 rings (SSSR count). The van der Waals surface area contributed by atoms with Crippen molar-refractivity contribution in [2.24, 2.45) is 5.92 Å². The first-order valence-electron chi connectivity index (χ1n) is 9.46. The summed E-state index contributed by atoms with van der Waals surface area (Å²) in [6.07, 6.45) is 2.79. The zero-order valence-corrected chi connectivity index (χ0v) is 16.1. The summed E-state index contributed by atoms with van der Waals surface area (Å²) in [5.41, 5.74) is 2.55. The summed E-state index contributed by atoms with van der Waals surface area (Å²) < 4.78 is 0. The highest BCUT2D eigenvalue weighted by Gasteiger charge is 2.24. The molecule has 1 aliphatic rings. The van der Waals surface area contributed by atoms with Crippen LogP contribution in [0.1, 0.15) is 24.0 Å². The van der Waals surface area contributed by atoms with Gasteiger partial charge in [-0.15, -0.1) is 0 Å². The van der Waals surface area contributed by atoms with E-state index in [4.69, 9.17) is 0 Å². The Kier molecular flexibility index (Phi) is 7.15. The summed E-state index contributed by atoms with van der Waals surface area (Å²) in [7, 11) is 0. The molecule has 3 nitrogen and oxygen atoms in total. The van der Waals surface area contributed by atoms with E-state index >= 15 is 0 Å². The third kappa shape index (κ3) is 5.61. The first kappa shape index (κ1) is 19.0. The van der Waals surface area contributed by atoms with Crippen LogP contribution in [-0.2, 0) is 17.8 Å². The van der Waals surface area contributed by atoms with Crippen molar-refractivity contribution < 1.29 is 4.79 Å². The molecule has 26 heavy (non-hydrogen) atoms. The monoisotopic (exact) mass is 368 g/mol. The Morgan fingerprint density at radius 1 is 1.00 bits per heavy atom. The molecule has 0 radical (unpaired) electrons. The van der Waals surface area contributed by atoms with Crippen molar-refractivity contribution in [3.8, 4) is 0 Å². The minimum Gasteiger partial charge on any atom is -0.353 e. The minimum absolute atomic E-state index is 0.0666.